The molecule has 12 heavy (non-hydrogen) atoms. The predicted molar refractivity (Wildman–Crippen MR) is 46.2 cm³/mol. The average molecular weight is 165 g/mol. The van der Waals surface area contributed by atoms with Gasteiger partial charge >= 0.3 is 0 Å². The zero-order valence-corrected chi connectivity index (χ0v) is 6.95. The van der Waals surface area contributed by atoms with Crippen LogP contribution in [0.1, 0.15) is 23.7 Å². The number of rotatable bonds is 4. The molecule has 0 radical (unpaired) electrons. The maximum atomic E-state index is 10.2. The molecule has 4 heteroatoms. The molecule has 0 saturated heterocycles. The number of hydrogen-bond acceptors (Lipinski definition) is 4. The summed E-state index contributed by atoms with van der Waals surface area (Å²) < 4.78 is 0. The zero-order valence-electron chi connectivity index (χ0n) is 6.95. The first-order chi connectivity index (χ1) is 5.86. The first-order valence-corrected chi connectivity index (χ1v) is 3.88. The van der Waals surface area contributed by atoms with Gasteiger partial charge in [0.25, 0.3) is 0 Å². The summed E-state index contributed by atoms with van der Waals surface area (Å²) in [5, 5.41) is 3.01. The molecule has 0 unspecified atom stereocenters. The van der Waals surface area contributed by atoms with Crippen molar-refractivity contribution in [3.63, 3.8) is 0 Å². The van der Waals surface area contributed by atoms with Gasteiger partial charge in [0.15, 0.2) is 6.29 Å². The van der Waals surface area contributed by atoms with Gasteiger partial charge in [-0.25, -0.2) is 9.97 Å². The van der Waals surface area contributed by atoms with E-state index >= 15 is 0 Å². The Morgan fingerprint density at radius 3 is 2.67 bits per heavy atom. The van der Waals surface area contributed by atoms with Crippen molar-refractivity contribution in [3.05, 3.63) is 18.0 Å². The van der Waals surface area contributed by atoms with Crippen molar-refractivity contribution < 1.29 is 4.79 Å². The van der Waals surface area contributed by atoms with Crippen molar-refractivity contribution in [1.29, 1.82) is 0 Å². The Bertz CT molecular complexity index is 245. The lowest BCUT2D eigenvalue weighted by molar-refractivity contribution is 0.112. The fraction of sp³-hybridized carbons (Fsp3) is 0.375. The van der Waals surface area contributed by atoms with E-state index in [0.717, 1.165) is 19.3 Å². The first-order valence-electron chi connectivity index (χ1n) is 3.88. The van der Waals surface area contributed by atoms with E-state index in [2.05, 4.69) is 22.2 Å². The maximum Gasteiger partial charge on any atom is 0.222 e. The zero-order chi connectivity index (χ0) is 8.81. The van der Waals surface area contributed by atoms with E-state index in [-0.39, 0.29) is 0 Å². The normalized spacial score (nSPS) is 9.42. The van der Waals surface area contributed by atoms with Crippen LogP contribution in [0.2, 0.25) is 0 Å². The van der Waals surface area contributed by atoms with Gasteiger partial charge in [-0.1, -0.05) is 6.92 Å². The molecule has 4 nitrogen and oxygen atoms in total. The van der Waals surface area contributed by atoms with E-state index in [1.54, 1.807) is 0 Å². The molecule has 0 aliphatic carbocycles. The number of nitrogens with zero attached hydrogens (tertiary/aromatic N) is 2. The maximum absolute atomic E-state index is 10.2. The summed E-state index contributed by atoms with van der Waals surface area (Å²) in [4.78, 5) is 18.1. The summed E-state index contributed by atoms with van der Waals surface area (Å²) in [6.45, 7) is 2.91. The standard InChI is InChI=1S/C8H11N3O/c1-2-3-9-8-10-4-7(6-12)5-11-8/h4-6H,2-3H2,1H3,(H,9,10,11). The Kier molecular flexibility index (Phi) is 3.19. The molecule has 0 amide bonds. The van der Waals surface area contributed by atoms with Crippen molar-refractivity contribution in [2.24, 2.45) is 0 Å². The summed E-state index contributed by atoms with van der Waals surface area (Å²) >= 11 is 0. The SMILES string of the molecule is CCCNc1ncc(C=O)cn1. The highest BCUT2D eigenvalue weighted by Crippen LogP contribution is 1.97. The quantitative estimate of drug-likeness (QED) is 0.679. The molecule has 0 atom stereocenters. The lowest BCUT2D eigenvalue weighted by atomic mass is 10.4. The van der Waals surface area contributed by atoms with Crippen LogP contribution < -0.4 is 5.32 Å². The Labute approximate surface area is 71.0 Å². The lowest BCUT2D eigenvalue weighted by Crippen LogP contribution is -2.04. The number of carbonyl (C=O) groups is 1. The molecule has 1 heterocycles. The van der Waals surface area contributed by atoms with E-state index in [1.165, 1.54) is 12.4 Å². The van der Waals surface area contributed by atoms with Crippen LogP contribution in [-0.2, 0) is 0 Å². The van der Waals surface area contributed by atoms with Gasteiger partial charge in [-0.15, -0.1) is 0 Å². The molecule has 0 aliphatic rings. The smallest absolute Gasteiger partial charge is 0.222 e. The molecule has 1 N–H and O–H groups in total. The van der Waals surface area contributed by atoms with E-state index in [4.69, 9.17) is 0 Å². The van der Waals surface area contributed by atoms with Crippen molar-refractivity contribution in [3.8, 4) is 0 Å². The largest absolute Gasteiger partial charge is 0.354 e. The molecule has 0 fully saturated rings. The Hall–Kier alpha value is -1.45. The molecule has 0 aromatic carbocycles. The molecule has 1 aromatic heterocycles. The highest BCUT2D eigenvalue weighted by atomic mass is 16.1. The van der Waals surface area contributed by atoms with Gasteiger partial charge in [-0.2, -0.15) is 0 Å². The predicted octanol–water partition coefficient (Wildman–Crippen LogP) is 1.11. The molecule has 0 spiro atoms. The summed E-state index contributed by atoms with van der Waals surface area (Å²) in [6, 6.07) is 0. The van der Waals surface area contributed by atoms with Gasteiger partial charge in [0, 0.05) is 18.9 Å². The van der Waals surface area contributed by atoms with Crippen LogP contribution in [0.3, 0.4) is 0 Å². The van der Waals surface area contributed by atoms with E-state index in [1.807, 2.05) is 0 Å². The fourth-order valence-electron chi connectivity index (χ4n) is 0.727. The third-order valence-electron chi connectivity index (χ3n) is 1.34. The van der Waals surface area contributed by atoms with Crippen LogP contribution in [0.15, 0.2) is 12.4 Å². The number of aldehydes is 1. The van der Waals surface area contributed by atoms with E-state index < -0.39 is 0 Å². The van der Waals surface area contributed by atoms with Crippen LogP contribution in [0.25, 0.3) is 0 Å². The van der Waals surface area contributed by atoms with Crippen LogP contribution in [0, 0.1) is 0 Å². The average Bonchev–Trinajstić information content (AvgIpc) is 2.15. The van der Waals surface area contributed by atoms with Gasteiger partial charge < -0.3 is 5.32 Å². The van der Waals surface area contributed by atoms with Crippen LogP contribution >= 0.6 is 0 Å². The van der Waals surface area contributed by atoms with E-state index in [9.17, 15) is 4.79 Å². The van der Waals surface area contributed by atoms with Crippen molar-refractivity contribution in [2.45, 2.75) is 13.3 Å². The van der Waals surface area contributed by atoms with E-state index in [0.29, 0.717) is 11.5 Å². The molecule has 0 bridgehead atoms. The summed E-state index contributed by atoms with van der Waals surface area (Å²) in [7, 11) is 0. The molecular formula is C8H11N3O. The highest BCUT2D eigenvalue weighted by molar-refractivity contribution is 5.73. The van der Waals surface area contributed by atoms with Crippen LogP contribution in [-0.4, -0.2) is 22.8 Å². The van der Waals surface area contributed by atoms with Gasteiger partial charge in [0.05, 0.1) is 5.56 Å². The van der Waals surface area contributed by atoms with Crippen molar-refractivity contribution >= 4 is 12.2 Å². The summed E-state index contributed by atoms with van der Waals surface area (Å²) in [5.41, 5.74) is 0.497. The summed E-state index contributed by atoms with van der Waals surface area (Å²) in [5.74, 6) is 0.572. The molecule has 64 valence electrons. The fourth-order valence-corrected chi connectivity index (χ4v) is 0.727. The van der Waals surface area contributed by atoms with Crippen molar-refractivity contribution in [2.75, 3.05) is 11.9 Å². The second-order valence-electron chi connectivity index (χ2n) is 2.38. The lowest BCUT2D eigenvalue weighted by Gasteiger charge is -2.00. The van der Waals surface area contributed by atoms with Gasteiger partial charge in [-0.05, 0) is 6.42 Å². The number of nitrogens with one attached hydrogen (secondary N) is 1. The molecule has 0 aliphatic heterocycles. The highest BCUT2D eigenvalue weighted by Gasteiger charge is 1.93. The number of carbonyl (C=O) groups excluding carboxylic acids is 1. The van der Waals surface area contributed by atoms with Crippen LogP contribution in [0.5, 0.6) is 0 Å². The summed E-state index contributed by atoms with van der Waals surface area (Å²) in [6.07, 6.45) is 4.75. The second-order valence-corrected chi connectivity index (χ2v) is 2.38. The number of anilines is 1. The third kappa shape index (κ3) is 2.30. The Balaban J connectivity index is 2.58. The minimum absolute atomic E-state index is 0.497. The Morgan fingerprint density at radius 1 is 1.50 bits per heavy atom. The van der Waals surface area contributed by atoms with Gasteiger partial charge in [0.1, 0.15) is 0 Å². The topological polar surface area (TPSA) is 54.9 Å². The van der Waals surface area contributed by atoms with Gasteiger partial charge in [0.2, 0.25) is 5.95 Å². The monoisotopic (exact) mass is 165 g/mol. The molecule has 1 rings (SSSR count). The minimum Gasteiger partial charge on any atom is -0.354 e. The van der Waals surface area contributed by atoms with Crippen LogP contribution in [0.4, 0.5) is 5.95 Å². The number of hydrogen-bond donors (Lipinski definition) is 1. The molecule has 1 aromatic rings. The molecular weight excluding hydrogens is 154 g/mol. The van der Waals surface area contributed by atoms with Gasteiger partial charge in [-0.3, -0.25) is 4.79 Å². The van der Waals surface area contributed by atoms with Crippen molar-refractivity contribution in [1.82, 2.24) is 9.97 Å². The minimum atomic E-state index is 0.497. The Morgan fingerprint density at radius 2 is 2.17 bits per heavy atom. The molecule has 0 saturated carbocycles. The third-order valence-corrected chi connectivity index (χ3v) is 1.34. The number of aromatic nitrogens is 2. The first kappa shape index (κ1) is 8.64. The second kappa shape index (κ2) is 4.43.